The van der Waals surface area contributed by atoms with Crippen LogP contribution >= 0.6 is 0 Å². The summed E-state index contributed by atoms with van der Waals surface area (Å²) in [6, 6.07) is 9.83. The van der Waals surface area contributed by atoms with Crippen molar-refractivity contribution in [3.8, 4) is 11.5 Å². The average molecular weight is 427 g/mol. The average Bonchev–Trinajstić information content (AvgIpc) is 3.47. The third kappa shape index (κ3) is 3.18. The Morgan fingerprint density at radius 1 is 0.967 bits per heavy atom. The number of quaternary nitrogens is 1. The maximum atomic E-state index is 13.0. The first kappa shape index (κ1) is 19.9. The molecule has 0 aromatic heterocycles. The van der Waals surface area contributed by atoms with Crippen molar-refractivity contribution in [3.05, 3.63) is 88.4 Å². The zero-order chi connectivity index (χ0) is 21.7. The van der Waals surface area contributed by atoms with Crippen LogP contribution in [0.4, 0.5) is 0 Å². The summed E-state index contributed by atoms with van der Waals surface area (Å²) in [5, 5.41) is 42.0. The Morgan fingerprint density at radius 3 is 2.30 bits per heavy atom. The van der Waals surface area contributed by atoms with Crippen molar-refractivity contribution >= 4 is 21.4 Å². The van der Waals surface area contributed by atoms with Gasteiger partial charge >= 0.3 is 10.0 Å². The molecule has 4 rings (SSSR count). The molecule has 1 aliphatic carbocycles. The highest BCUT2D eigenvalue weighted by atomic mass is 32.2. The molecule has 2 aliphatic rings. The molecule has 0 unspecified atom stereocenters. The lowest BCUT2D eigenvalue weighted by atomic mass is 9.90. The summed E-state index contributed by atoms with van der Waals surface area (Å²) in [7, 11) is -4.27. The second-order valence-electron chi connectivity index (χ2n) is 6.99. The van der Waals surface area contributed by atoms with Gasteiger partial charge in [-0.3, -0.25) is 4.79 Å². The van der Waals surface area contributed by atoms with Gasteiger partial charge in [0, 0.05) is 5.56 Å². The number of carbonyl (C=O) groups is 1. The minimum atomic E-state index is -4.27. The number of hydroxylamine groups is 2. The number of rotatable bonds is 4. The molecule has 0 bridgehead atoms. The fourth-order valence-corrected chi connectivity index (χ4v) is 4.85. The van der Waals surface area contributed by atoms with Gasteiger partial charge in [0.05, 0.1) is 0 Å². The first-order valence-electron chi connectivity index (χ1n) is 8.96. The first-order chi connectivity index (χ1) is 14.1. The summed E-state index contributed by atoms with van der Waals surface area (Å²) >= 11 is 0. The Morgan fingerprint density at radius 2 is 1.67 bits per heavy atom. The van der Waals surface area contributed by atoms with E-state index in [1.54, 1.807) is 6.07 Å². The van der Waals surface area contributed by atoms with E-state index in [0.29, 0.717) is 11.1 Å². The molecular weight excluding hydrogens is 410 g/mol. The second-order valence-corrected chi connectivity index (χ2v) is 9.05. The molecule has 0 radical (unpaired) electrons. The maximum Gasteiger partial charge on any atom is 0.328 e. The van der Waals surface area contributed by atoms with E-state index in [1.165, 1.54) is 48.6 Å². The van der Waals surface area contributed by atoms with Crippen molar-refractivity contribution in [2.24, 2.45) is 0 Å². The molecule has 154 valence electrons. The normalized spacial score (nSPS) is 19.4. The highest BCUT2D eigenvalue weighted by Crippen LogP contribution is 2.40. The predicted octanol–water partition coefficient (Wildman–Crippen LogP) is 2.50. The summed E-state index contributed by atoms with van der Waals surface area (Å²) in [5.41, 5.74) is 1.03. The van der Waals surface area contributed by atoms with Crippen LogP contribution < -0.4 is 0 Å². The van der Waals surface area contributed by atoms with Crippen molar-refractivity contribution in [1.29, 1.82) is 0 Å². The first-order valence-corrected chi connectivity index (χ1v) is 10.4. The number of sulfonamides is 1. The van der Waals surface area contributed by atoms with E-state index in [4.69, 9.17) is 0 Å². The van der Waals surface area contributed by atoms with E-state index in [9.17, 15) is 33.7 Å². The van der Waals surface area contributed by atoms with Gasteiger partial charge in [-0.1, -0.05) is 30.3 Å². The molecule has 0 atom stereocenters. The van der Waals surface area contributed by atoms with Crippen molar-refractivity contribution in [2.75, 3.05) is 13.1 Å². The SMILES string of the molecule is O=C1C=C/C(=C(/c2ccc(O)c(O)c2)c2ccccc2S(=O)(=O)[N+]2([O-])CC2)C=C1O. The number of phenols is 2. The van der Waals surface area contributed by atoms with Crippen LogP contribution in [0.25, 0.3) is 5.57 Å². The lowest BCUT2D eigenvalue weighted by molar-refractivity contribution is -0.596. The van der Waals surface area contributed by atoms with Gasteiger partial charge in [-0.25, -0.2) is 4.05 Å². The third-order valence-corrected chi connectivity index (χ3v) is 7.13. The number of hydrogen-bond donors (Lipinski definition) is 3. The van der Waals surface area contributed by atoms with Crippen LogP contribution in [0, 0.1) is 5.21 Å². The number of hydrogen-bond acceptors (Lipinski definition) is 7. The number of benzene rings is 2. The van der Waals surface area contributed by atoms with Crippen LogP contribution in [0.15, 0.2) is 76.9 Å². The number of aliphatic hydroxyl groups excluding tert-OH is 1. The molecule has 30 heavy (non-hydrogen) atoms. The summed E-state index contributed by atoms with van der Waals surface area (Å²) < 4.78 is 24.6. The van der Waals surface area contributed by atoms with Gasteiger partial charge in [0.25, 0.3) is 0 Å². The minimum Gasteiger partial charge on any atom is -0.616 e. The smallest absolute Gasteiger partial charge is 0.328 e. The number of allylic oxidation sites excluding steroid dienone is 4. The van der Waals surface area contributed by atoms with Gasteiger partial charge in [-0.2, -0.15) is 8.42 Å². The molecule has 9 heteroatoms. The number of aromatic hydroxyl groups is 2. The van der Waals surface area contributed by atoms with Gasteiger partial charge in [0.15, 0.2) is 17.3 Å². The van der Waals surface area contributed by atoms with Gasteiger partial charge < -0.3 is 20.5 Å². The van der Waals surface area contributed by atoms with E-state index in [0.717, 1.165) is 6.08 Å². The highest BCUT2D eigenvalue weighted by Gasteiger charge is 2.48. The highest BCUT2D eigenvalue weighted by molar-refractivity contribution is 7.86. The molecule has 0 saturated carbocycles. The number of carbonyl (C=O) groups excluding carboxylic acids is 1. The fraction of sp³-hybridized carbons (Fsp3) is 0.0952. The predicted molar refractivity (Wildman–Crippen MR) is 108 cm³/mol. The molecule has 3 N–H and O–H groups in total. The van der Waals surface area contributed by atoms with Crippen molar-refractivity contribution < 1.29 is 32.6 Å². The lowest BCUT2D eigenvalue weighted by Gasteiger charge is -2.23. The maximum absolute atomic E-state index is 13.0. The summed E-state index contributed by atoms with van der Waals surface area (Å²) in [6.07, 6.45) is 3.72. The van der Waals surface area contributed by atoms with Gasteiger partial charge in [0.1, 0.15) is 18.0 Å². The molecule has 8 nitrogen and oxygen atoms in total. The molecule has 0 spiro atoms. The van der Waals surface area contributed by atoms with E-state index >= 15 is 0 Å². The second kappa shape index (κ2) is 6.84. The topological polar surface area (TPSA) is 135 Å². The molecule has 1 heterocycles. The van der Waals surface area contributed by atoms with Crippen molar-refractivity contribution in [3.63, 3.8) is 0 Å². The molecule has 1 aliphatic heterocycles. The zero-order valence-electron chi connectivity index (χ0n) is 15.5. The van der Waals surface area contributed by atoms with E-state index in [2.05, 4.69) is 0 Å². The van der Waals surface area contributed by atoms with Crippen LogP contribution in [0.2, 0.25) is 0 Å². The van der Waals surface area contributed by atoms with Crippen LogP contribution in [0.1, 0.15) is 11.1 Å². The van der Waals surface area contributed by atoms with Gasteiger partial charge in [0.2, 0.25) is 5.78 Å². The lowest BCUT2D eigenvalue weighted by Crippen LogP contribution is -2.28. The molecule has 0 amide bonds. The standard InChI is InChI=1S/C21H17NO7S/c23-16-7-5-13(11-18(16)25)21(14-6-8-17(24)19(26)12-14)15-3-1-2-4-20(15)30(28,29)22(27)9-10-22/h1-8,11-12,23,25-26H,9-10H2/b21-14+. The van der Waals surface area contributed by atoms with Crippen LogP contribution in [-0.2, 0) is 14.8 Å². The summed E-state index contributed by atoms with van der Waals surface area (Å²) in [5.74, 6) is -1.95. The Balaban J connectivity index is 2.04. The molecule has 2 aromatic rings. The van der Waals surface area contributed by atoms with Crippen molar-refractivity contribution in [2.45, 2.75) is 4.90 Å². The number of ketones is 1. The van der Waals surface area contributed by atoms with Gasteiger partial charge in [-0.05, 0) is 47.1 Å². The van der Waals surface area contributed by atoms with Gasteiger partial charge in [-0.15, -0.1) is 0 Å². The molecular formula is C21H17NO7S. The van der Waals surface area contributed by atoms with E-state index < -0.39 is 31.4 Å². The Hall–Kier alpha value is -3.40. The van der Waals surface area contributed by atoms with Crippen LogP contribution in [0.5, 0.6) is 11.5 Å². The zero-order valence-corrected chi connectivity index (χ0v) is 16.3. The largest absolute Gasteiger partial charge is 0.616 e. The summed E-state index contributed by atoms with van der Waals surface area (Å²) in [6.45, 7) is -0.0880. The minimum absolute atomic E-state index is 0.0440. The molecule has 1 saturated heterocycles. The van der Waals surface area contributed by atoms with Crippen LogP contribution in [0.3, 0.4) is 0 Å². The molecule has 1 fully saturated rings. The third-order valence-electron chi connectivity index (χ3n) is 4.97. The van der Waals surface area contributed by atoms with Crippen LogP contribution in [-0.4, -0.2) is 46.7 Å². The number of phenolic OH excluding ortho intramolecular Hbond substituents is 2. The number of aliphatic hydroxyl groups is 1. The number of nitrogens with zero attached hydrogens (tertiary/aromatic N) is 1. The quantitative estimate of drug-likeness (QED) is 0.295. The Kier molecular flexibility index (Phi) is 4.53. The Bertz CT molecular complexity index is 1270. The fourth-order valence-electron chi connectivity index (χ4n) is 3.23. The summed E-state index contributed by atoms with van der Waals surface area (Å²) in [4.78, 5) is 11.5. The van der Waals surface area contributed by atoms with E-state index in [1.807, 2.05) is 0 Å². The molecule has 2 aromatic carbocycles. The monoisotopic (exact) mass is 427 g/mol. The van der Waals surface area contributed by atoms with E-state index in [-0.39, 0.29) is 34.9 Å². The van der Waals surface area contributed by atoms with Crippen molar-refractivity contribution in [1.82, 2.24) is 0 Å². The Labute approximate surface area is 172 Å².